The molecule has 5 nitrogen and oxygen atoms in total. The second kappa shape index (κ2) is 12.6. The van der Waals surface area contributed by atoms with E-state index in [0.717, 1.165) is 66.1 Å². The summed E-state index contributed by atoms with van der Waals surface area (Å²) >= 11 is 1.79. The summed E-state index contributed by atoms with van der Waals surface area (Å²) in [4.78, 5) is 15.2. The summed E-state index contributed by atoms with van der Waals surface area (Å²) in [5.41, 5.74) is 10.1. The van der Waals surface area contributed by atoms with Crippen LogP contribution in [0.5, 0.6) is 0 Å². The molecule has 4 aromatic heterocycles. The maximum atomic E-state index is 6.90. The van der Waals surface area contributed by atoms with Crippen molar-refractivity contribution in [1.29, 1.82) is 0 Å². The van der Waals surface area contributed by atoms with Gasteiger partial charge in [0.05, 0.1) is 16.4 Å². The van der Waals surface area contributed by atoms with E-state index in [4.69, 9.17) is 19.4 Å². The van der Waals surface area contributed by atoms with Crippen molar-refractivity contribution in [1.82, 2.24) is 19.5 Å². The standard InChI is InChI=1S/C51H30N4OS/c1-3-12-31(13-4-1)33-16-11-17-36(28-33)55-42-20-9-7-19-41(42)47-43(55)27-26-40-37-24-22-34(29-44(37)56-48(40)47)50-52-49(32-14-5-2-6-15-32)53-51(54-50)35-23-25-39-38-18-8-10-21-45(38)57-46(39)30-35/h1-30H. The normalized spacial score (nSPS) is 11.9. The Bertz CT molecular complexity index is 3530. The molecule has 12 aromatic rings. The van der Waals surface area contributed by atoms with Crippen LogP contribution >= 0.6 is 11.3 Å². The summed E-state index contributed by atoms with van der Waals surface area (Å²) in [6, 6.07) is 63.8. The highest BCUT2D eigenvalue weighted by molar-refractivity contribution is 7.25. The number of hydrogen-bond donors (Lipinski definition) is 0. The lowest BCUT2D eigenvalue weighted by molar-refractivity contribution is 0.673. The molecule has 0 saturated carbocycles. The molecule has 0 aliphatic heterocycles. The maximum absolute atomic E-state index is 6.90. The van der Waals surface area contributed by atoms with Crippen LogP contribution in [-0.2, 0) is 0 Å². The molecule has 0 aliphatic carbocycles. The van der Waals surface area contributed by atoms with Crippen LogP contribution in [0, 0.1) is 0 Å². The van der Waals surface area contributed by atoms with Crippen molar-refractivity contribution in [3.05, 3.63) is 182 Å². The minimum atomic E-state index is 0.595. The van der Waals surface area contributed by atoms with Gasteiger partial charge < -0.3 is 8.98 Å². The minimum absolute atomic E-state index is 0.595. The van der Waals surface area contributed by atoms with Gasteiger partial charge in [-0.25, -0.2) is 15.0 Å². The Morgan fingerprint density at radius 2 is 1.00 bits per heavy atom. The number of fused-ring (bicyclic) bond motifs is 10. The maximum Gasteiger partial charge on any atom is 0.164 e. The number of nitrogens with zero attached hydrogens (tertiary/aromatic N) is 4. The number of para-hydroxylation sites is 1. The minimum Gasteiger partial charge on any atom is -0.455 e. The van der Waals surface area contributed by atoms with E-state index in [2.05, 4.69) is 156 Å². The first-order valence-corrected chi connectivity index (χ1v) is 19.8. The van der Waals surface area contributed by atoms with Gasteiger partial charge in [0.15, 0.2) is 17.5 Å². The lowest BCUT2D eigenvalue weighted by atomic mass is 10.1. The van der Waals surface area contributed by atoms with Crippen molar-refractivity contribution in [2.75, 3.05) is 0 Å². The zero-order valence-electron chi connectivity index (χ0n) is 30.4. The largest absolute Gasteiger partial charge is 0.455 e. The van der Waals surface area contributed by atoms with Crippen LogP contribution in [0.15, 0.2) is 186 Å². The molecule has 0 unspecified atom stereocenters. The third kappa shape index (κ3) is 5.12. The number of hydrogen-bond acceptors (Lipinski definition) is 5. The number of benzene rings is 8. The van der Waals surface area contributed by atoms with Crippen LogP contribution < -0.4 is 0 Å². The Labute approximate surface area is 330 Å². The highest BCUT2D eigenvalue weighted by Gasteiger charge is 2.20. The Morgan fingerprint density at radius 3 is 1.81 bits per heavy atom. The van der Waals surface area contributed by atoms with Crippen molar-refractivity contribution in [3.63, 3.8) is 0 Å². The van der Waals surface area contributed by atoms with Crippen molar-refractivity contribution in [2.45, 2.75) is 0 Å². The highest BCUT2D eigenvalue weighted by atomic mass is 32.1. The second-order valence-electron chi connectivity index (χ2n) is 14.4. The van der Waals surface area contributed by atoms with Gasteiger partial charge in [0.1, 0.15) is 11.2 Å². The summed E-state index contributed by atoms with van der Waals surface area (Å²) in [5, 5.41) is 6.87. The van der Waals surface area contributed by atoms with E-state index in [1.54, 1.807) is 11.3 Å². The molecule has 0 radical (unpaired) electrons. The molecular weight excluding hydrogens is 717 g/mol. The third-order valence-corrected chi connectivity index (χ3v) is 12.2. The van der Waals surface area contributed by atoms with E-state index in [1.165, 1.54) is 31.3 Å². The average Bonchev–Trinajstić information content (AvgIpc) is 3.96. The molecule has 0 aliphatic rings. The van der Waals surface area contributed by atoms with E-state index in [-0.39, 0.29) is 0 Å². The van der Waals surface area contributed by atoms with Gasteiger partial charge in [0.2, 0.25) is 0 Å². The van der Waals surface area contributed by atoms with E-state index >= 15 is 0 Å². The molecule has 0 spiro atoms. The lowest BCUT2D eigenvalue weighted by Gasteiger charge is -2.10. The fourth-order valence-corrected chi connectivity index (χ4v) is 9.52. The van der Waals surface area contributed by atoms with Gasteiger partial charge in [-0.15, -0.1) is 11.3 Å². The van der Waals surface area contributed by atoms with Crippen LogP contribution in [-0.4, -0.2) is 19.5 Å². The van der Waals surface area contributed by atoms with Crippen LogP contribution in [0.4, 0.5) is 0 Å². The zero-order valence-corrected chi connectivity index (χ0v) is 31.2. The first-order valence-electron chi connectivity index (χ1n) is 19.0. The van der Waals surface area contributed by atoms with Gasteiger partial charge in [0, 0.05) is 58.7 Å². The molecule has 0 amide bonds. The van der Waals surface area contributed by atoms with Crippen LogP contribution in [0.1, 0.15) is 0 Å². The highest BCUT2D eigenvalue weighted by Crippen LogP contribution is 2.42. The first-order chi connectivity index (χ1) is 28.2. The van der Waals surface area contributed by atoms with Crippen molar-refractivity contribution in [2.24, 2.45) is 0 Å². The number of rotatable bonds is 5. The molecular formula is C51H30N4OS. The van der Waals surface area contributed by atoms with Gasteiger partial charge >= 0.3 is 0 Å². The smallest absolute Gasteiger partial charge is 0.164 e. The van der Waals surface area contributed by atoms with Crippen LogP contribution in [0.25, 0.3) is 115 Å². The Morgan fingerprint density at radius 1 is 0.386 bits per heavy atom. The van der Waals surface area contributed by atoms with Gasteiger partial charge in [-0.1, -0.05) is 127 Å². The van der Waals surface area contributed by atoms with Gasteiger partial charge in [-0.3, -0.25) is 0 Å². The van der Waals surface area contributed by atoms with E-state index in [1.807, 2.05) is 30.3 Å². The number of thiophene rings is 1. The summed E-state index contributed by atoms with van der Waals surface area (Å²) < 4.78 is 11.7. The summed E-state index contributed by atoms with van der Waals surface area (Å²) in [5.74, 6) is 1.86. The SMILES string of the molecule is c1ccc(-c2cccc(-n3c4ccccc4c4c5oc6cc(-c7nc(-c8ccccc8)nc(-c8ccc9c(c8)sc8ccccc89)n7)ccc6c5ccc43)c2)cc1. The van der Waals surface area contributed by atoms with Gasteiger partial charge in [0.25, 0.3) is 0 Å². The lowest BCUT2D eigenvalue weighted by Crippen LogP contribution is -2.00. The number of aromatic nitrogens is 4. The van der Waals surface area contributed by atoms with E-state index in [0.29, 0.717) is 17.5 Å². The summed E-state index contributed by atoms with van der Waals surface area (Å²) in [6.07, 6.45) is 0. The van der Waals surface area contributed by atoms with Crippen molar-refractivity contribution in [3.8, 4) is 51.0 Å². The Hall–Kier alpha value is -7.41. The molecule has 0 atom stereocenters. The topological polar surface area (TPSA) is 56.7 Å². The van der Waals surface area contributed by atoms with Crippen molar-refractivity contribution >= 4 is 75.3 Å². The van der Waals surface area contributed by atoms with Gasteiger partial charge in [-0.05, 0) is 65.7 Å². The Kier molecular flexibility index (Phi) is 7.03. The molecule has 0 fully saturated rings. The summed E-state index contributed by atoms with van der Waals surface area (Å²) in [7, 11) is 0. The molecule has 0 saturated heterocycles. The fraction of sp³-hybridized carbons (Fsp3) is 0. The van der Waals surface area contributed by atoms with E-state index < -0.39 is 0 Å². The van der Waals surface area contributed by atoms with Crippen molar-refractivity contribution < 1.29 is 4.42 Å². The van der Waals surface area contributed by atoms with E-state index in [9.17, 15) is 0 Å². The van der Waals surface area contributed by atoms with Crippen LogP contribution in [0.2, 0.25) is 0 Å². The predicted molar refractivity (Wildman–Crippen MR) is 236 cm³/mol. The Balaban J connectivity index is 1.02. The zero-order chi connectivity index (χ0) is 37.5. The molecule has 4 heterocycles. The quantitative estimate of drug-likeness (QED) is 0.176. The average molecular weight is 747 g/mol. The molecule has 12 rings (SSSR count). The molecule has 0 N–H and O–H groups in total. The monoisotopic (exact) mass is 746 g/mol. The molecule has 8 aromatic carbocycles. The van der Waals surface area contributed by atoms with Gasteiger partial charge in [-0.2, -0.15) is 0 Å². The second-order valence-corrected chi connectivity index (χ2v) is 15.5. The molecule has 0 bridgehead atoms. The summed E-state index contributed by atoms with van der Waals surface area (Å²) in [6.45, 7) is 0. The van der Waals surface area contributed by atoms with Crippen LogP contribution in [0.3, 0.4) is 0 Å². The fourth-order valence-electron chi connectivity index (χ4n) is 8.37. The first kappa shape index (κ1) is 31.9. The third-order valence-electron chi connectivity index (χ3n) is 11.0. The predicted octanol–water partition coefficient (Wildman–Crippen LogP) is 13.9. The molecule has 6 heteroatoms. The molecule has 266 valence electrons. The number of furan rings is 1. The molecule has 57 heavy (non-hydrogen) atoms.